The number of fused-ring (bicyclic) bond motifs is 1. The third-order valence-electron chi connectivity index (χ3n) is 2.53. The van der Waals surface area contributed by atoms with Crippen LogP contribution < -0.4 is 5.32 Å². The Kier molecular flexibility index (Phi) is 3.41. The van der Waals surface area contributed by atoms with Gasteiger partial charge in [-0.2, -0.15) is 0 Å². The summed E-state index contributed by atoms with van der Waals surface area (Å²) in [4.78, 5) is 14.7. The van der Waals surface area contributed by atoms with Crippen LogP contribution in [0.3, 0.4) is 0 Å². The van der Waals surface area contributed by atoms with Crippen LogP contribution in [0.5, 0.6) is 0 Å². The molecule has 1 unspecified atom stereocenters. The summed E-state index contributed by atoms with van der Waals surface area (Å²) in [5, 5.41) is 21.3. The van der Waals surface area contributed by atoms with E-state index in [1.54, 1.807) is 12.1 Å². The molecule has 1 amide bonds. The molecule has 0 radical (unpaired) electrons. The normalized spacial score (nSPS) is 12.6. The van der Waals surface area contributed by atoms with Crippen LogP contribution in [-0.2, 0) is 0 Å². The van der Waals surface area contributed by atoms with Crippen LogP contribution in [0.1, 0.15) is 10.4 Å². The summed E-state index contributed by atoms with van der Waals surface area (Å²) in [5.74, 6) is -0.269. The molecule has 90 valence electrons. The van der Waals surface area contributed by atoms with E-state index in [0.717, 1.165) is 10.9 Å². The van der Waals surface area contributed by atoms with Gasteiger partial charge in [-0.25, -0.2) is 0 Å². The zero-order valence-corrected chi connectivity index (χ0v) is 9.18. The molecule has 1 atom stereocenters. The highest BCUT2D eigenvalue weighted by Gasteiger charge is 2.08. The molecule has 1 aromatic heterocycles. The largest absolute Gasteiger partial charge is 0.394 e. The van der Waals surface area contributed by atoms with Crippen LogP contribution in [0.2, 0.25) is 0 Å². The molecule has 0 aliphatic rings. The van der Waals surface area contributed by atoms with Crippen LogP contribution in [-0.4, -0.2) is 40.4 Å². The minimum atomic E-state index is -0.923. The molecule has 0 aliphatic heterocycles. The zero-order valence-electron chi connectivity index (χ0n) is 9.18. The monoisotopic (exact) mass is 234 g/mol. The van der Waals surface area contributed by atoms with Crippen molar-refractivity contribution in [2.75, 3.05) is 13.2 Å². The summed E-state index contributed by atoms with van der Waals surface area (Å²) in [6.45, 7) is -0.325. The number of H-pyrrole nitrogens is 1. The maximum absolute atomic E-state index is 11.7. The van der Waals surface area contributed by atoms with Crippen molar-refractivity contribution in [1.82, 2.24) is 10.3 Å². The molecule has 17 heavy (non-hydrogen) atoms. The lowest BCUT2D eigenvalue weighted by Crippen LogP contribution is -2.33. The number of aliphatic hydroxyl groups excluding tert-OH is 2. The fraction of sp³-hybridized carbons (Fsp3) is 0.250. The third kappa shape index (κ3) is 2.64. The molecule has 0 saturated heterocycles. The Morgan fingerprint density at radius 1 is 1.41 bits per heavy atom. The molecule has 1 heterocycles. The van der Waals surface area contributed by atoms with E-state index >= 15 is 0 Å². The minimum absolute atomic E-state index is 0.0398. The van der Waals surface area contributed by atoms with E-state index in [0.29, 0.717) is 5.56 Å². The maximum Gasteiger partial charge on any atom is 0.251 e. The fourth-order valence-corrected chi connectivity index (χ4v) is 1.57. The van der Waals surface area contributed by atoms with Gasteiger partial charge in [0.25, 0.3) is 5.91 Å². The molecule has 0 aliphatic carbocycles. The van der Waals surface area contributed by atoms with E-state index in [2.05, 4.69) is 10.3 Å². The minimum Gasteiger partial charge on any atom is -0.394 e. The van der Waals surface area contributed by atoms with Gasteiger partial charge in [-0.15, -0.1) is 0 Å². The predicted molar refractivity (Wildman–Crippen MR) is 63.7 cm³/mol. The molecule has 0 fully saturated rings. The molecule has 0 spiro atoms. The highest BCUT2D eigenvalue weighted by molar-refractivity contribution is 5.97. The van der Waals surface area contributed by atoms with Crippen LogP contribution in [0.15, 0.2) is 30.5 Å². The van der Waals surface area contributed by atoms with E-state index in [1.807, 2.05) is 18.3 Å². The number of hydrogen-bond acceptors (Lipinski definition) is 3. The molecule has 0 bridgehead atoms. The lowest BCUT2D eigenvalue weighted by Gasteiger charge is -2.08. The van der Waals surface area contributed by atoms with Gasteiger partial charge >= 0.3 is 0 Å². The third-order valence-corrected chi connectivity index (χ3v) is 2.53. The van der Waals surface area contributed by atoms with Gasteiger partial charge in [0.2, 0.25) is 0 Å². The molecular weight excluding hydrogens is 220 g/mol. The number of hydrogen-bond donors (Lipinski definition) is 4. The molecule has 4 N–H and O–H groups in total. The Labute approximate surface area is 98.1 Å². The van der Waals surface area contributed by atoms with Gasteiger partial charge in [-0.05, 0) is 23.6 Å². The lowest BCUT2D eigenvalue weighted by atomic mass is 10.1. The van der Waals surface area contributed by atoms with Crippen LogP contribution >= 0.6 is 0 Å². The number of carbonyl (C=O) groups is 1. The Morgan fingerprint density at radius 3 is 3.00 bits per heavy atom. The molecule has 1 aromatic carbocycles. The van der Waals surface area contributed by atoms with Crippen LogP contribution in [0.25, 0.3) is 10.9 Å². The zero-order chi connectivity index (χ0) is 12.3. The summed E-state index contributed by atoms with van der Waals surface area (Å²) in [6.07, 6.45) is 0.884. The second kappa shape index (κ2) is 4.99. The Bertz CT molecular complexity index is 521. The number of aromatic amines is 1. The van der Waals surface area contributed by atoms with Crippen molar-refractivity contribution >= 4 is 16.8 Å². The first kappa shape index (κ1) is 11.6. The van der Waals surface area contributed by atoms with Crippen molar-refractivity contribution in [3.05, 3.63) is 36.0 Å². The van der Waals surface area contributed by atoms with E-state index in [4.69, 9.17) is 10.2 Å². The summed E-state index contributed by atoms with van der Waals surface area (Å²) in [5.41, 5.74) is 1.41. The van der Waals surface area contributed by atoms with E-state index in [1.165, 1.54) is 0 Å². The number of rotatable bonds is 4. The second-order valence-electron chi connectivity index (χ2n) is 3.83. The molecule has 5 heteroatoms. The highest BCUT2D eigenvalue weighted by Crippen LogP contribution is 2.13. The summed E-state index contributed by atoms with van der Waals surface area (Å²) in [7, 11) is 0. The van der Waals surface area contributed by atoms with Crippen molar-refractivity contribution in [2.45, 2.75) is 6.10 Å². The first-order valence-electron chi connectivity index (χ1n) is 5.35. The quantitative estimate of drug-likeness (QED) is 0.611. The topological polar surface area (TPSA) is 85.3 Å². The standard InChI is InChI=1S/C12H14N2O3/c15-7-10(16)6-14-12(17)9-2-1-8-3-4-13-11(8)5-9/h1-5,10,13,15-16H,6-7H2,(H,14,17). The predicted octanol–water partition coefficient (Wildman–Crippen LogP) is 0.251. The first-order valence-corrected chi connectivity index (χ1v) is 5.35. The van der Waals surface area contributed by atoms with Crippen molar-refractivity contribution in [1.29, 1.82) is 0 Å². The van der Waals surface area contributed by atoms with Gasteiger partial charge in [-0.1, -0.05) is 6.07 Å². The van der Waals surface area contributed by atoms with Crippen molar-refractivity contribution < 1.29 is 15.0 Å². The lowest BCUT2D eigenvalue weighted by molar-refractivity contribution is 0.0802. The summed E-state index contributed by atoms with van der Waals surface area (Å²) >= 11 is 0. The average molecular weight is 234 g/mol. The van der Waals surface area contributed by atoms with E-state index < -0.39 is 6.10 Å². The Morgan fingerprint density at radius 2 is 2.24 bits per heavy atom. The van der Waals surface area contributed by atoms with Gasteiger partial charge in [0.05, 0.1) is 12.7 Å². The Hall–Kier alpha value is -1.85. The molecule has 0 saturated carbocycles. The van der Waals surface area contributed by atoms with Crippen molar-refractivity contribution in [3.8, 4) is 0 Å². The number of aromatic nitrogens is 1. The SMILES string of the molecule is O=C(NCC(O)CO)c1ccc2cc[nH]c2c1. The number of nitrogens with one attached hydrogen (secondary N) is 2. The van der Waals surface area contributed by atoms with E-state index in [-0.39, 0.29) is 19.1 Å². The average Bonchev–Trinajstić information content (AvgIpc) is 2.82. The number of aliphatic hydroxyl groups is 2. The second-order valence-corrected chi connectivity index (χ2v) is 3.83. The van der Waals surface area contributed by atoms with Crippen molar-refractivity contribution in [2.24, 2.45) is 0 Å². The molecule has 2 rings (SSSR count). The molecule has 5 nitrogen and oxygen atoms in total. The van der Waals surface area contributed by atoms with Crippen LogP contribution in [0.4, 0.5) is 0 Å². The summed E-state index contributed by atoms with van der Waals surface area (Å²) < 4.78 is 0. The van der Waals surface area contributed by atoms with Gasteiger partial charge in [0.1, 0.15) is 0 Å². The molecular formula is C12H14N2O3. The number of amides is 1. The van der Waals surface area contributed by atoms with Gasteiger partial charge < -0.3 is 20.5 Å². The van der Waals surface area contributed by atoms with Gasteiger partial charge in [0, 0.05) is 23.8 Å². The van der Waals surface area contributed by atoms with Gasteiger partial charge in [-0.3, -0.25) is 4.79 Å². The number of benzene rings is 1. The Balaban J connectivity index is 2.08. The first-order chi connectivity index (χ1) is 8.20. The fourth-order valence-electron chi connectivity index (χ4n) is 1.57. The molecule has 2 aromatic rings. The van der Waals surface area contributed by atoms with Gasteiger partial charge in [0.15, 0.2) is 0 Å². The maximum atomic E-state index is 11.7. The number of carbonyl (C=O) groups excluding carboxylic acids is 1. The smallest absolute Gasteiger partial charge is 0.251 e. The highest BCUT2D eigenvalue weighted by atomic mass is 16.3. The van der Waals surface area contributed by atoms with Crippen molar-refractivity contribution in [3.63, 3.8) is 0 Å². The van der Waals surface area contributed by atoms with E-state index in [9.17, 15) is 4.79 Å². The van der Waals surface area contributed by atoms with Crippen LogP contribution in [0, 0.1) is 0 Å². The summed E-state index contributed by atoms with van der Waals surface area (Å²) in [6, 6.07) is 7.24.